The molecule has 6 heteroatoms. The number of hydrogen-bond donors (Lipinski definition) is 0. The average Bonchev–Trinajstić information content (AvgIpc) is 2.80. The van der Waals surface area contributed by atoms with E-state index in [9.17, 15) is 13.2 Å². The van der Waals surface area contributed by atoms with Gasteiger partial charge in [-0.05, 0) is 23.6 Å². The number of carbonyl (C=O) groups excluding carboxylic acids is 1. The molecule has 2 rings (SSSR count). The molecule has 0 spiro atoms. The molecule has 88 valence electrons. The van der Waals surface area contributed by atoms with E-state index in [1.54, 1.807) is 23.6 Å². The second-order valence-electron chi connectivity index (χ2n) is 3.24. The van der Waals surface area contributed by atoms with Gasteiger partial charge in [0.1, 0.15) is 0 Å². The lowest BCUT2D eigenvalue weighted by Crippen LogP contribution is -2.05. The molecular formula is C11H7ClO3S2. The minimum atomic E-state index is -3.91. The third-order valence-corrected chi connectivity index (χ3v) is 4.39. The molecule has 0 saturated carbocycles. The van der Waals surface area contributed by atoms with E-state index in [0.29, 0.717) is 4.88 Å². The van der Waals surface area contributed by atoms with Crippen LogP contribution in [0.2, 0.25) is 0 Å². The number of ketones is 1. The molecule has 1 aromatic heterocycles. The standard InChI is InChI=1S/C11H7ClO3S2/c12-17(14,15)10-6-2-1-4-8(10)11(13)9-5-3-7-16-9/h1-7H. The maximum absolute atomic E-state index is 12.1. The van der Waals surface area contributed by atoms with Gasteiger partial charge in [0.2, 0.25) is 5.78 Å². The Morgan fingerprint density at radius 2 is 1.82 bits per heavy atom. The molecule has 0 aliphatic rings. The van der Waals surface area contributed by atoms with E-state index in [4.69, 9.17) is 10.7 Å². The second kappa shape index (κ2) is 4.60. The molecule has 0 radical (unpaired) electrons. The first-order valence-electron chi connectivity index (χ1n) is 4.62. The fraction of sp³-hybridized carbons (Fsp3) is 0. The molecule has 0 aliphatic carbocycles. The SMILES string of the molecule is O=C(c1cccs1)c1ccccc1S(=O)(=O)Cl. The average molecular weight is 287 g/mol. The highest BCUT2D eigenvalue weighted by Gasteiger charge is 2.21. The molecule has 0 aliphatic heterocycles. The Hall–Kier alpha value is -1.17. The predicted octanol–water partition coefficient (Wildman–Crippen LogP) is 2.91. The molecule has 0 fully saturated rings. The van der Waals surface area contributed by atoms with E-state index in [0.717, 1.165) is 0 Å². The van der Waals surface area contributed by atoms with Gasteiger partial charge in [0.15, 0.2) is 0 Å². The van der Waals surface area contributed by atoms with Crippen LogP contribution < -0.4 is 0 Å². The molecular weight excluding hydrogens is 280 g/mol. The summed E-state index contributed by atoms with van der Waals surface area (Å²) in [6.07, 6.45) is 0. The van der Waals surface area contributed by atoms with Crippen LogP contribution in [0.25, 0.3) is 0 Å². The third kappa shape index (κ3) is 2.57. The van der Waals surface area contributed by atoms with E-state index < -0.39 is 9.05 Å². The first-order valence-corrected chi connectivity index (χ1v) is 7.81. The number of carbonyl (C=O) groups is 1. The van der Waals surface area contributed by atoms with Gasteiger partial charge < -0.3 is 0 Å². The van der Waals surface area contributed by atoms with Gasteiger partial charge in [-0.2, -0.15) is 0 Å². The molecule has 17 heavy (non-hydrogen) atoms. The topological polar surface area (TPSA) is 51.2 Å². The first kappa shape index (κ1) is 12.3. The molecule has 3 nitrogen and oxygen atoms in total. The Kier molecular flexibility index (Phi) is 3.33. The van der Waals surface area contributed by atoms with Crippen LogP contribution in [0.4, 0.5) is 0 Å². The Morgan fingerprint density at radius 1 is 1.12 bits per heavy atom. The lowest BCUT2D eigenvalue weighted by Gasteiger charge is -2.03. The summed E-state index contributed by atoms with van der Waals surface area (Å²) in [6.45, 7) is 0. The van der Waals surface area contributed by atoms with E-state index in [-0.39, 0.29) is 16.2 Å². The largest absolute Gasteiger partial charge is 0.288 e. The summed E-state index contributed by atoms with van der Waals surface area (Å²) < 4.78 is 22.7. The van der Waals surface area contributed by atoms with Gasteiger partial charge >= 0.3 is 0 Å². The third-order valence-electron chi connectivity index (χ3n) is 2.14. The highest BCUT2D eigenvalue weighted by molar-refractivity contribution is 8.13. The minimum absolute atomic E-state index is 0.102. The van der Waals surface area contributed by atoms with Crippen molar-refractivity contribution in [3.8, 4) is 0 Å². The fourth-order valence-electron chi connectivity index (χ4n) is 1.41. The van der Waals surface area contributed by atoms with Crippen molar-refractivity contribution < 1.29 is 13.2 Å². The number of halogens is 1. The minimum Gasteiger partial charge on any atom is -0.288 e. The predicted molar refractivity (Wildman–Crippen MR) is 67.2 cm³/mol. The summed E-state index contributed by atoms with van der Waals surface area (Å²) in [5.41, 5.74) is 0.102. The smallest absolute Gasteiger partial charge is 0.262 e. The molecule has 0 amide bonds. The van der Waals surface area contributed by atoms with Crippen molar-refractivity contribution in [3.63, 3.8) is 0 Å². The van der Waals surface area contributed by atoms with Crippen molar-refractivity contribution in [2.75, 3.05) is 0 Å². The van der Waals surface area contributed by atoms with Crippen LogP contribution in [0.15, 0.2) is 46.7 Å². The van der Waals surface area contributed by atoms with Gasteiger partial charge in [0.25, 0.3) is 9.05 Å². The quantitative estimate of drug-likeness (QED) is 0.644. The fourth-order valence-corrected chi connectivity index (χ4v) is 3.15. The van der Waals surface area contributed by atoms with Crippen molar-refractivity contribution in [1.29, 1.82) is 0 Å². The number of benzene rings is 1. The molecule has 0 saturated heterocycles. The monoisotopic (exact) mass is 286 g/mol. The Labute approximate surface area is 107 Å². The van der Waals surface area contributed by atoms with Crippen LogP contribution >= 0.6 is 22.0 Å². The van der Waals surface area contributed by atoms with Gasteiger partial charge in [0, 0.05) is 16.2 Å². The van der Waals surface area contributed by atoms with Crippen molar-refractivity contribution in [1.82, 2.24) is 0 Å². The Balaban J connectivity index is 2.58. The number of rotatable bonds is 3. The number of thiophene rings is 1. The normalized spacial score (nSPS) is 11.4. The van der Waals surface area contributed by atoms with Crippen LogP contribution in [-0.2, 0) is 9.05 Å². The Morgan fingerprint density at radius 3 is 2.41 bits per heavy atom. The molecule has 1 heterocycles. The van der Waals surface area contributed by atoms with Crippen LogP contribution in [0.1, 0.15) is 15.2 Å². The lowest BCUT2D eigenvalue weighted by molar-refractivity contribution is 0.103. The van der Waals surface area contributed by atoms with Gasteiger partial charge in [-0.15, -0.1) is 11.3 Å². The van der Waals surface area contributed by atoms with E-state index >= 15 is 0 Å². The zero-order valence-corrected chi connectivity index (χ0v) is 10.8. The summed E-state index contributed by atoms with van der Waals surface area (Å²) in [5.74, 6) is -0.333. The van der Waals surface area contributed by atoms with Gasteiger partial charge in [-0.25, -0.2) is 8.42 Å². The molecule has 0 unspecified atom stereocenters. The van der Waals surface area contributed by atoms with Gasteiger partial charge in [-0.3, -0.25) is 4.79 Å². The zero-order chi connectivity index (χ0) is 12.5. The van der Waals surface area contributed by atoms with E-state index in [1.165, 1.54) is 29.5 Å². The van der Waals surface area contributed by atoms with E-state index in [2.05, 4.69) is 0 Å². The Bertz CT molecular complexity index is 645. The van der Waals surface area contributed by atoms with Crippen LogP contribution in [0.3, 0.4) is 0 Å². The summed E-state index contributed by atoms with van der Waals surface area (Å²) in [7, 11) is 1.38. The lowest BCUT2D eigenvalue weighted by atomic mass is 10.1. The molecule has 0 atom stereocenters. The highest BCUT2D eigenvalue weighted by Crippen LogP contribution is 2.23. The van der Waals surface area contributed by atoms with Gasteiger partial charge in [-0.1, -0.05) is 18.2 Å². The van der Waals surface area contributed by atoms with Crippen molar-refractivity contribution >= 4 is 36.9 Å². The molecule has 1 aromatic carbocycles. The maximum Gasteiger partial charge on any atom is 0.262 e. The van der Waals surface area contributed by atoms with Crippen LogP contribution in [0, 0.1) is 0 Å². The summed E-state index contributed by atoms with van der Waals surface area (Å²) >= 11 is 1.26. The van der Waals surface area contributed by atoms with Gasteiger partial charge in [0.05, 0.1) is 9.77 Å². The highest BCUT2D eigenvalue weighted by atomic mass is 35.7. The molecule has 0 bridgehead atoms. The van der Waals surface area contributed by atoms with Crippen molar-refractivity contribution in [3.05, 3.63) is 52.2 Å². The van der Waals surface area contributed by atoms with Crippen molar-refractivity contribution in [2.24, 2.45) is 0 Å². The summed E-state index contributed by atoms with van der Waals surface area (Å²) in [6, 6.07) is 9.29. The number of hydrogen-bond acceptors (Lipinski definition) is 4. The summed E-state index contributed by atoms with van der Waals surface area (Å²) in [5, 5.41) is 1.76. The summed E-state index contributed by atoms with van der Waals surface area (Å²) in [4.78, 5) is 12.4. The van der Waals surface area contributed by atoms with Crippen molar-refractivity contribution in [2.45, 2.75) is 4.90 Å². The second-order valence-corrected chi connectivity index (χ2v) is 6.72. The molecule has 0 N–H and O–H groups in total. The molecule has 2 aromatic rings. The van der Waals surface area contributed by atoms with Crippen LogP contribution in [-0.4, -0.2) is 14.2 Å². The first-order chi connectivity index (χ1) is 8.00. The zero-order valence-electron chi connectivity index (χ0n) is 8.46. The van der Waals surface area contributed by atoms with Crippen LogP contribution in [0.5, 0.6) is 0 Å². The maximum atomic E-state index is 12.1. The van der Waals surface area contributed by atoms with E-state index in [1.807, 2.05) is 0 Å².